The van der Waals surface area contributed by atoms with Crippen LogP contribution in [-0.2, 0) is 18.2 Å². The molecule has 116 valence electrons. The fraction of sp³-hybridized carbons (Fsp3) is 0.250. The highest BCUT2D eigenvalue weighted by Crippen LogP contribution is 2.18. The Hall–Kier alpha value is -1.54. The van der Waals surface area contributed by atoms with Gasteiger partial charge in [0.05, 0.1) is 0 Å². The molecule has 2 aromatic rings. The van der Waals surface area contributed by atoms with Crippen LogP contribution in [0, 0.1) is 9.39 Å². The predicted molar refractivity (Wildman–Crippen MR) is 89.8 cm³/mol. The third kappa shape index (κ3) is 3.61. The number of hydrogen-bond acceptors (Lipinski definition) is 3. The van der Waals surface area contributed by atoms with Crippen molar-refractivity contribution in [3.63, 3.8) is 0 Å². The first-order valence-corrected chi connectivity index (χ1v) is 7.67. The van der Waals surface area contributed by atoms with Crippen LogP contribution in [0.5, 0.6) is 0 Å². The number of nitrogens with zero attached hydrogens (tertiary/aromatic N) is 1. The average Bonchev–Trinajstić information content (AvgIpc) is 2.46. The topological polar surface area (TPSA) is 48.3 Å². The largest absolute Gasteiger partial charge is 0.377 e. The molecule has 0 spiro atoms. The summed E-state index contributed by atoms with van der Waals surface area (Å²) in [4.78, 5) is 24.0. The van der Waals surface area contributed by atoms with E-state index in [2.05, 4.69) is 0 Å². The van der Waals surface area contributed by atoms with Crippen molar-refractivity contribution in [2.75, 3.05) is 13.7 Å². The number of Topliss-reactive ketones (excluding diaryl/α,β-unsaturated/α-hetero) is 1. The van der Waals surface area contributed by atoms with E-state index in [0.29, 0.717) is 16.8 Å². The minimum Gasteiger partial charge on any atom is -0.377 e. The van der Waals surface area contributed by atoms with Crippen molar-refractivity contribution < 1.29 is 13.9 Å². The Bertz CT molecular complexity index is 770. The maximum absolute atomic E-state index is 14.0. The molecule has 22 heavy (non-hydrogen) atoms. The summed E-state index contributed by atoms with van der Waals surface area (Å²) < 4.78 is 21.1. The van der Waals surface area contributed by atoms with Crippen LogP contribution < -0.4 is 5.56 Å². The van der Waals surface area contributed by atoms with Crippen LogP contribution in [-0.4, -0.2) is 24.1 Å². The Morgan fingerprint density at radius 3 is 2.68 bits per heavy atom. The molecule has 2 rings (SSSR count). The average molecular weight is 415 g/mol. The Morgan fingerprint density at radius 1 is 1.32 bits per heavy atom. The van der Waals surface area contributed by atoms with Gasteiger partial charge < -0.3 is 9.30 Å². The van der Waals surface area contributed by atoms with Crippen molar-refractivity contribution in [1.82, 2.24) is 4.57 Å². The molecule has 0 aliphatic rings. The molecular weight excluding hydrogens is 400 g/mol. The molecule has 0 saturated carbocycles. The van der Waals surface area contributed by atoms with Gasteiger partial charge in [-0.05, 0) is 46.4 Å². The van der Waals surface area contributed by atoms with Crippen LogP contribution in [0.1, 0.15) is 21.6 Å². The minimum atomic E-state index is -0.353. The van der Waals surface area contributed by atoms with Crippen LogP contribution in [0.4, 0.5) is 4.39 Å². The second-order valence-corrected chi connectivity index (χ2v) is 6.11. The number of rotatable bonds is 5. The molecule has 0 aliphatic carbocycles. The number of carbonyl (C=O) groups is 1. The number of ketones is 1. The number of pyridine rings is 1. The lowest BCUT2D eigenvalue weighted by Crippen LogP contribution is -2.24. The summed E-state index contributed by atoms with van der Waals surface area (Å²) in [5, 5.41) is 0. The Labute approximate surface area is 141 Å². The number of benzene rings is 1. The Balaban J connectivity index is 2.50. The van der Waals surface area contributed by atoms with E-state index in [9.17, 15) is 14.0 Å². The first-order chi connectivity index (χ1) is 10.4. The second kappa shape index (κ2) is 7.15. The van der Waals surface area contributed by atoms with E-state index in [1.54, 1.807) is 19.2 Å². The van der Waals surface area contributed by atoms with Gasteiger partial charge >= 0.3 is 0 Å². The number of methoxy groups -OCH3 is 1. The quantitative estimate of drug-likeness (QED) is 0.557. The highest BCUT2D eigenvalue weighted by Gasteiger charge is 2.16. The Kier molecular flexibility index (Phi) is 5.47. The molecule has 6 heteroatoms. The van der Waals surface area contributed by atoms with E-state index < -0.39 is 0 Å². The van der Waals surface area contributed by atoms with Gasteiger partial charge in [-0.3, -0.25) is 9.59 Å². The SMILES string of the molecule is COCC(=O)c1ccc(=O)n(C)c1Cc1ccc(I)cc1F. The fourth-order valence-electron chi connectivity index (χ4n) is 2.20. The second-order valence-electron chi connectivity index (χ2n) is 4.86. The van der Waals surface area contributed by atoms with E-state index in [-0.39, 0.29) is 30.2 Å². The van der Waals surface area contributed by atoms with Crippen molar-refractivity contribution >= 4 is 28.4 Å². The Morgan fingerprint density at radius 2 is 2.05 bits per heavy atom. The summed E-state index contributed by atoms with van der Waals surface area (Å²) in [5.41, 5.74) is 1.06. The van der Waals surface area contributed by atoms with E-state index >= 15 is 0 Å². The lowest BCUT2D eigenvalue weighted by molar-refractivity contribution is 0.0846. The minimum absolute atomic E-state index is 0.0830. The van der Waals surface area contributed by atoms with E-state index in [0.717, 1.165) is 3.57 Å². The summed E-state index contributed by atoms with van der Waals surface area (Å²) in [6.07, 6.45) is 0.167. The van der Waals surface area contributed by atoms with Gasteiger partial charge in [0.1, 0.15) is 12.4 Å². The molecule has 4 nitrogen and oxygen atoms in total. The third-order valence-electron chi connectivity index (χ3n) is 3.39. The number of hydrogen-bond donors (Lipinski definition) is 0. The highest BCUT2D eigenvalue weighted by atomic mass is 127. The van der Waals surface area contributed by atoms with Crippen molar-refractivity contribution in [2.24, 2.45) is 7.05 Å². The van der Waals surface area contributed by atoms with Crippen LogP contribution >= 0.6 is 22.6 Å². The summed E-state index contributed by atoms with van der Waals surface area (Å²) >= 11 is 2.03. The maximum Gasteiger partial charge on any atom is 0.250 e. The molecule has 0 N–H and O–H groups in total. The lowest BCUT2D eigenvalue weighted by Gasteiger charge is -2.13. The van der Waals surface area contributed by atoms with Gasteiger partial charge in [-0.15, -0.1) is 0 Å². The van der Waals surface area contributed by atoms with Gasteiger partial charge in [-0.1, -0.05) is 6.07 Å². The van der Waals surface area contributed by atoms with E-state index in [1.165, 1.54) is 29.9 Å². The van der Waals surface area contributed by atoms with Gasteiger partial charge in [0.25, 0.3) is 5.56 Å². The van der Waals surface area contributed by atoms with Gasteiger partial charge in [-0.2, -0.15) is 0 Å². The van der Waals surface area contributed by atoms with E-state index in [1.807, 2.05) is 22.6 Å². The van der Waals surface area contributed by atoms with Gasteiger partial charge in [-0.25, -0.2) is 4.39 Å². The molecule has 0 atom stereocenters. The molecular formula is C16H15FINO3. The van der Waals surface area contributed by atoms with Crippen LogP contribution in [0.2, 0.25) is 0 Å². The van der Waals surface area contributed by atoms with Crippen LogP contribution in [0.25, 0.3) is 0 Å². The van der Waals surface area contributed by atoms with Gasteiger partial charge in [0.15, 0.2) is 5.78 Å². The molecule has 0 bridgehead atoms. The number of carbonyl (C=O) groups excluding carboxylic acids is 1. The van der Waals surface area contributed by atoms with Crippen molar-refractivity contribution in [3.8, 4) is 0 Å². The van der Waals surface area contributed by atoms with E-state index in [4.69, 9.17) is 4.74 Å². The molecule has 0 aliphatic heterocycles. The van der Waals surface area contributed by atoms with Crippen molar-refractivity contribution in [3.05, 3.63) is 66.9 Å². The predicted octanol–water partition coefficient (Wildman–Crippen LogP) is 2.55. The molecule has 0 radical (unpaired) electrons. The zero-order valence-electron chi connectivity index (χ0n) is 12.2. The summed E-state index contributed by atoms with van der Waals surface area (Å²) in [5.74, 6) is -0.590. The monoisotopic (exact) mass is 415 g/mol. The standard InChI is InChI=1S/C16H15FINO3/c1-19-14(7-10-3-4-11(18)8-13(10)17)12(5-6-16(19)21)15(20)9-22-2/h3-6,8H,7,9H2,1-2H3. The van der Waals surface area contributed by atoms with Gasteiger partial charge in [0.2, 0.25) is 0 Å². The first-order valence-electron chi connectivity index (χ1n) is 6.59. The molecule has 0 saturated heterocycles. The summed E-state index contributed by atoms with van der Waals surface area (Å²) in [7, 11) is 3.00. The smallest absolute Gasteiger partial charge is 0.250 e. The number of halogens is 2. The van der Waals surface area contributed by atoms with Crippen LogP contribution in [0.15, 0.2) is 35.1 Å². The molecule has 1 aromatic carbocycles. The molecule has 0 unspecified atom stereocenters. The van der Waals surface area contributed by atoms with Crippen molar-refractivity contribution in [2.45, 2.75) is 6.42 Å². The van der Waals surface area contributed by atoms with Crippen molar-refractivity contribution in [1.29, 1.82) is 0 Å². The normalized spacial score (nSPS) is 10.7. The summed E-state index contributed by atoms with van der Waals surface area (Å²) in [6, 6.07) is 7.68. The first kappa shape index (κ1) is 16.8. The number of aromatic nitrogens is 1. The third-order valence-corrected chi connectivity index (χ3v) is 4.06. The molecule has 0 amide bonds. The lowest BCUT2D eigenvalue weighted by atomic mass is 10.0. The summed E-state index contributed by atoms with van der Waals surface area (Å²) in [6.45, 7) is -0.0830. The zero-order valence-corrected chi connectivity index (χ0v) is 14.4. The van der Waals surface area contributed by atoms with Crippen LogP contribution in [0.3, 0.4) is 0 Å². The van der Waals surface area contributed by atoms with Gasteiger partial charge in [0, 0.05) is 41.5 Å². The number of ether oxygens (including phenoxy) is 1. The molecule has 0 fully saturated rings. The molecule has 1 heterocycles. The highest BCUT2D eigenvalue weighted by molar-refractivity contribution is 14.1. The zero-order chi connectivity index (χ0) is 16.3. The fourth-order valence-corrected chi connectivity index (χ4v) is 2.65. The maximum atomic E-state index is 14.0. The molecule has 1 aromatic heterocycles.